The van der Waals surface area contributed by atoms with Gasteiger partial charge in [-0.25, -0.2) is 21.9 Å². The SMILES string of the molecule is CC1CCCC1NS(=O)(=O)c1ccc(F)c(CN)c1F. The van der Waals surface area contributed by atoms with Crippen LogP contribution in [0.4, 0.5) is 8.78 Å². The minimum absolute atomic E-state index is 0.203. The van der Waals surface area contributed by atoms with E-state index in [1.165, 1.54) is 0 Å². The van der Waals surface area contributed by atoms with E-state index in [1.54, 1.807) is 0 Å². The largest absolute Gasteiger partial charge is 0.326 e. The summed E-state index contributed by atoms with van der Waals surface area (Å²) in [7, 11) is -4.00. The predicted octanol–water partition coefficient (Wildman–Crippen LogP) is 1.89. The molecule has 0 aliphatic heterocycles. The first-order chi connectivity index (χ1) is 9.36. The van der Waals surface area contributed by atoms with Gasteiger partial charge in [-0.3, -0.25) is 0 Å². The third kappa shape index (κ3) is 2.84. The van der Waals surface area contributed by atoms with Gasteiger partial charge in [0.1, 0.15) is 10.7 Å². The van der Waals surface area contributed by atoms with Gasteiger partial charge < -0.3 is 5.73 Å². The van der Waals surface area contributed by atoms with Crippen LogP contribution >= 0.6 is 0 Å². The summed E-state index contributed by atoms with van der Waals surface area (Å²) in [6, 6.07) is 1.66. The van der Waals surface area contributed by atoms with Crippen LogP contribution in [0.1, 0.15) is 31.7 Å². The molecule has 20 heavy (non-hydrogen) atoms. The Bertz CT molecular complexity index is 605. The van der Waals surface area contributed by atoms with Crippen molar-refractivity contribution in [1.29, 1.82) is 0 Å². The molecule has 1 aliphatic carbocycles. The van der Waals surface area contributed by atoms with Crippen LogP contribution in [0, 0.1) is 17.6 Å². The molecular weight excluding hydrogens is 286 g/mol. The van der Waals surface area contributed by atoms with Gasteiger partial charge in [0.05, 0.1) is 0 Å². The Hall–Kier alpha value is -1.05. The average molecular weight is 304 g/mol. The number of rotatable bonds is 4. The van der Waals surface area contributed by atoms with Crippen molar-refractivity contribution in [3.05, 3.63) is 29.3 Å². The lowest BCUT2D eigenvalue weighted by Gasteiger charge is -2.18. The van der Waals surface area contributed by atoms with Gasteiger partial charge in [-0.2, -0.15) is 0 Å². The van der Waals surface area contributed by atoms with Crippen LogP contribution in [0.3, 0.4) is 0 Å². The Labute approximate surface area is 117 Å². The third-order valence-electron chi connectivity index (χ3n) is 3.81. The maximum absolute atomic E-state index is 14.1. The lowest BCUT2D eigenvalue weighted by molar-refractivity contribution is 0.471. The molecule has 2 atom stereocenters. The molecule has 0 heterocycles. The fraction of sp³-hybridized carbons (Fsp3) is 0.538. The van der Waals surface area contributed by atoms with Gasteiger partial charge in [-0.1, -0.05) is 13.3 Å². The molecule has 7 heteroatoms. The molecule has 112 valence electrons. The highest BCUT2D eigenvalue weighted by Crippen LogP contribution is 2.27. The molecule has 0 bridgehead atoms. The lowest BCUT2D eigenvalue weighted by Crippen LogP contribution is -2.37. The summed E-state index contributed by atoms with van der Waals surface area (Å²) in [6.07, 6.45) is 2.61. The summed E-state index contributed by atoms with van der Waals surface area (Å²) < 4.78 is 54.4. The van der Waals surface area contributed by atoms with Crippen molar-refractivity contribution in [3.63, 3.8) is 0 Å². The Morgan fingerprint density at radius 3 is 2.60 bits per heavy atom. The van der Waals surface area contributed by atoms with E-state index < -0.39 is 32.1 Å². The first-order valence-corrected chi connectivity index (χ1v) is 8.04. The monoisotopic (exact) mass is 304 g/mol. The van der Waals surface area contributed by atoms with Gasteiger partial charge in [-0.05, 0) is 30.9 Å². The number of nitrogens with one attached hydrogen (secondary N) is 1. The van der Waals surface area contributed by atoms with Crippen LogP contribution < -0.4 is 10.5 Å². The first kappa shape index (κ1) is 15.3. The van der Waals surface area contributed by atoms with Crippen LogP contribution in [0.25, 0.3) is 0 Å². The lowest BCUT2D eigenvalue weighted by atomic mass is 10.1. The van der Waals surface area contributed by atoms with Crippen LogP contribution in [0.15, 0.2) is 17.0 Å². The number of halogens is 2. The second-order valence-electron chi connectivity index (χ2n) is 5.18. The van der Waals surface area contributed by atoms with E-state index in [2.05, 4.69) is 4.72 Å². The van der Waals surface area contributed by atoms with Crippen LogP contribution in [0.2, 0.25) is 0 Å². The molecule has 1 aromatic rings. The molecule has 2 rings (SSSR count). The summed E-state index contributed by atoms with van der Waals surface area (Å²) in [5.41, 5.74) is 4.84. The molecule has 0 aromatic heterocycles. The molecule has 1 saturated carbocycles. The Morgan fingerprint density at radius 1 is 1.35 bits per heavy atom. The average Bonchev–Trinajstić information content (AvgIpc) is 2.74. The molecule has 0 radical (unpaired) electrons. The van der Waals surface area contributed by atoms with Crippen molar-refractivity contribution in [2.75, 3.05) is 0 Å². The molecule has 1 aromatic carbocycles. The van der Waals surface area contributed by atoms with Gasteiger partial charge in [0, 0.05) is 18.2 Å². The highest BCUT2D eigenvalue weighted by atomic mass is 32.2. The van der Waals surface area contributed by atoms with Crippen molar-refractivity contribution < 1.29 is 17.2 Å². The van der Waals surface area contributed by atoms with Gasteiger partial charge in [0.25, 0.3) is 0 Å². The van der Waals surface area contributed by atoms with E-state index >= 15 is 0 Å². The summed E-state index contributed by atoms with van der Waals surface area (Å²) in [6.45, 7) is 1.56. The van der Waals surface area contributed by atoms with Crippen LogP contribution in [-0.4, -0.2) is 14.5 Å². The molecule has 0 saturated heterocycles. The van der Waals surface area contributed by atoms with Crippen molar-refractivity contribution >= 4 is 10.0 Å². The van der Waals surface area contributed by atoms with Crippen molar-refractivity contribution in [2.24, 2.45) is 11.7 Å². The molecular formula is C13H18F2N2O2S. The molecule has 2 unspecified atom stereocenters. The van der Waals surface area contributed by atoms with Gasteiger partial charge in [0.2, 0.25) is 10.0 Å². The second kappa shape index (κ2) is 5.75. The standard InChI is InChI=1S/C13H18F2N2O2S/c1-8-3-2-4-11(8)17-20(18,19)12-6-5-10(14)9(7-16)13(12)15/h5-6,8,11,17H,2-4,7,16H2,1H3. The molecule has 0 spiro atoms. The fourth-order valence-electron chi connectivity index (χ4n) is 2.55. The number of sulfonamides is 1. The zero-order chi connectivity index (χ0) is 14.9. The topological polar surface area (TPSA) is 72.2 Å². The normalized spacial score (nSPS) is 23.2. The van der Waals surface area contributed by atoms with E-state index in [0.717, 1.165) is 31.4 Å². The highest BCUT2D eigenvalue weighted by molar-refractivity contribution is 7.89. The second-order valence-corrected chi connectivity index (χ2v) is 6.86. The summed E-state index contributed by atoms with van der Waals surface area (Å²) in [5.74, 6) is -1.73. The quantitative estimate of drug-likeness (QED) is 0.892. The van der Waals surface area contributed by atoms with Crippen LogP contribution in [0.5, 0.6) is 0 Å². The van der Waals surface area contributed by atoms with E-state index in [0.29, 0.717) is 0 Å². The smallest absolute Gasteiger partial charge is 0.243 e. The molecule has 1 aliphatic rings. The zero-order valence-corrected chi connectivity index (χ0v) is 12.0. The minimum atomic E-state index is -4.00. The molecule has 0 amide bonds. The van der Waals surface area contributed by atoms with Crippen molar-refractivity contribution in [3.8, 4) is 0 Å². The highest BCUT2D eigenvalue weighted by Gasteiger charge is 2.30. The third-order valence-corrected chi connectivity index (χ3v) is 5.32. The maximum Gasteiger partial charge on any atom is 0.243 e. The zero-order valence-electron chi connectivity index (χ0n) is 11.2. The van der Waals surface area contributed by atoms with E-state index in [9.17, 15) is 17.2 Å². The number of nitrogens with two attached hydrogens (primary N) is 1. The number of hydrogen-bond acceptors (Lipinski definition) is 3. The summed E-state index contributed by atoms with van der Waals surface area (Å²) in [4.78, 5) is -0.543. The van der Waals surface area contributed by atoms with E-state index in [-0.39, 0.29) is 18.5 Å². The van der Waals surface area contributed by atoms with Gasteiger partial charge in [-0.15, -0.1) is 0 Å². The predicted molar refractivity (Wildman–Crippen MR) is 71.4 cm³/mol. The Balaban J connectivity index is 2.35. The van der Waals surface area contributed by atoms with Gasteiger partial charge in [0.15, 0.2) is 5.82 Å². The van der Waals surface area contributed by atoms with Crippen molar-refractivity contribution in [2.45, 2.75) is 43.7 Å². The van der Waals surface area contributed by atoms with E-state index in [4.69, 9.17) is 5.73 Å². The maximum atomic E-state index is 14.1. The summed E-state index contributed by atoms with van der Waals surface area (Å²) >= 11 is 0. The van der Waals surface area contributed by atoms with Crippen LogP contribution in [-0.2, 0) is 16.6 Å². The Kier molecular flexibility index (Phi) is 4.41. The number of benzene rings is 1. The fourth-order valence-corrected chi connectivity index (χ4v) is 4.04. The summed E-state index contributed by atoms with van der Waals surface area (Å²) in [5, 5.41) is 0. The molecule has 1 fully saturated rings. The van der Waals surface area contributed by atoms with E-state index in [1.807, 2.05) is 6.92 Å². The van der Waals surface area contributed by atoms with Gasteiger partial charge >= 0.3 is 0 Å². The molecule has 3 N–H and O–H groups in total. The first-order valence-electron chi connectivity index (χ1n) is 6.56. The number of hydrogen-bond donors (Lipinski definition) is 2. The molecule has 4 nitrogen and oxygen atoms in total. The van der Waals surface area contributed by atoms with Crippen molar-refractivity contribution in [1.82, 2.24) is 4.72 Å². The Morgan fingerprint density at radius 2 is 2.05 bits per heavy atom. The minimum Gasteiger partial charge on any atom is -0.326 e.